The summed E-state index contributed by atoms with van der Waals surface area (Å²) in [6.07, 6.45) is 6.00. The Morgan fingerprint density at radius 1 is 1.54 bits per heavy atom. The molecule has 2 rings (SSSR count). The van der Waals surface area contributed by atoms with E-state index >= 15 is 0 Å². The second-order valence-corrected chi connectivity index (χ2v) is 3.59. The molecule has 1 fully saturated rings. The molecule has 2 atom stereocenters. The van der Waals surface area contributed by atoms with Crippen LogP contribution in [0, 0.1) is 5.92 Å². The van der Waals surface area contributed by atoms with Crippen LogP contribution in [0.3, 0.4) is 0 Å². The first kappa shape index (κ1) is 8.69. The Bertz CT molecular complexity index is 244. The fraction of sp³-hybridized carbons (Fsp3) is 0.778. The molecule has 2 unspecified atom stereocenters. The Morgan fingerprint density at radius 3 is 3.00 bits per heavy atom. The van der Waals surface area contributed by atoms with Crippen LogP contribution in [0.4, 0.5) is 0 Å². The van der Waals surface area contributed by atoms with E-state index in [0.717, 1.165) is 19.0 Å². The van der Waals surface area contributed by atoms with Crippen molar-refractivity contribution in [1.82, 2.24) is 20.1 Å². The smallest absolute Gasteiger partial charge is 0.137 e. The summed E-state index contributed by atoms with van der Waals surface area (Å²) < 4.78 is 1.99. The highest BCUT2D eigenvalue weighted by atomic mass is 15.3. The monoisotopic (exact) mass is 180 g/mol. The van der Waals surface area contributed by atoms with Gasteiger partial charge in [-0.3, -0.25) is 0 Å². The predicted molar refractivity (Wildman–Crippen MR) is 50.3 cm³/mol. The van der Waals surface area contributed by atoms with E-state index in [-0.39, 0.29) is 0 Å². The second kappa shape index (κ2) is 3.87. The fourth-order valence-electron chi connectivity index (χ4n) is 1.86. The summed E-state index contributed by atoms with van der Waals surface area (Å²) in [6, 6.07) is 0.585. The molecule has 0 saturated heterocycles. The molecule has 0 amide bonds. The van der Waals surface area contributed by atoms with E-state index in [0.29, 0.717) is 6.04 Å². The van der Waals surface area contributed by atoms with Gasteiger partial charge in [0.05, 0.1) is 6.04 Å². The van der Waals surface area contributed by atoms with Crippen molar-refractivity contribution in [3.8, 4) is 0 Å². The molecule has 13 heavy (non-hydrogen) atoms. The maximum absolute atomic E-state index is 4.17. The summed E-state index contributed by atoms with van der Waals surface area (Å²) >= 11 is 0. The molecule has 1 aromatic rings. The molecule has 0 aromatic carbocycles. The summed E-state index contributed by atoms with van der Waals surface area (Å²) in [4.78, 5) is 3.97. The lowest BCUT2D eigenvalue weighted by atomic mass is 9.79. The normalized spacial score (nSPS) is 27.2. The van der Waals surface area contributed by atoms with E-state index in [4.69, 9.17) is 0 Å². The van der Waals surface area contributed by atoms with E-state index < -0.39 is 0 Å². The number of nitrogens with zero attached hydrogens (tertiary/aromatic N) is 3. The van der Waals surface area contributed by atoms with Crippen LogP contribution in [0.5, 0.6) is 0 Å². The maximum Gasteiger partial charge on any atom is 0.137 e. The van der Waals surface area contributed by atoms with Crippen LogP contribution in [0.25, 0.3) is 0 Å². The zero-order chi connectivity index (χ0) is 9.10. The number of rotatable bonds is 4. The summed E-state index contributed by atoms with van der Waals surface area (Å²) in [5, 5.41) is 7.55. The van der Waals surface area contributed by atoms with Gasteiger partial charge in [-0.2, -0.15) is 5.10 Å². The Balaban J connectivity index is 1.88. The van der Waals surface area contributed by atoms with Crippen LogP contribution in [0.2, 0.25) is 0 Å². The standard InChI is InChI=1S/C9H16N4/c1-2-10-5-8-3-4-9(8)13-7-11-6-12-13/h6-10H,2-5H2,1H3. The Labute approximate surface area is 78.4 Å². The van der Waals surface area contributed by atoms with Crippen molar-refractivity contribution in [1.29, 1.82) is 0 Å². The average Bonchev–Trinajstić information content (AvgIpc) is 2.56. The van der Waals surface area contributed by atoms with E-state index in [2.05, 4.69) is 22.3 Å². The molecule has 4 nitrogen and oxygen atoms in total. The van der Waals surface area contributed by atoms with Gasteiger partial charge in [0.25, 0.3) is 0 Å². The minimum absolute atomic E-state index is 0.585. The third-order valence-corrected chi connectivity index (χ3v) is 2.81. The first-order valence-electron chi connectivity index (χ1n) is 4.96. The van der Waals surface area contributed by atoms with Gasteiger partial charge in [0.2, 0.25) is 0 Å². The van der Waals surface area contributed by atoms with Gasteiger partial charge in [-0.25, -0.2) is 9.67 Å². The Morgan fingerprint density at radius 2 is 2.46 bits per heavy atom. The molecule has 0 bridgehead atoms. The SMILES string of the molecule is CCNCC1CCC1n1cncn1. The van der Waals surface area contributed by atoms with Crippen molar-refractivity contribution in [2.24, 2.45) is 5.92 Å². The zero-order valence-electron chi connectivity index (χ0n) is 7.98. The van der Waals surface area contributed by atoms with Crippen molar-refractivity contribution >= 4 is 0 Å². The van der Waals surface area contributed by atoms with Gasteiger partial charge in [0.1, 0.15) is 12.7 Å². The molecular formula is C9H16N4. The van der Waals surface area contributed by atoms with Gasteiger partial charge in [-0.1, -0.05) is 6.92 Å². The summed E-state index contributed by atoms with van der Waals surface area (Å²) in [7, 11) is 0. The third-order valence-electron chi connectivity index (χ3n) is 2.81. The molecule has 1 aliphatic rings. The van der Waals surface area contributed by atoms with Gasteiger partial charge >= 0.3 is 0 Å². The third kappa shape index (κ3) is 1.72. The highest BCUT2D eigenvalue weighted by Gasteiger charge is 2.32. The number of hydrogen-bond acceptors (Lipinski definition) is 3. The molecule has 1 N–H and O–H groups in total. The van der Waals surface area contributed by atoms with Crippen LogP contribution < -0.4 is 5.32 Å². The lowest BCUT2D eigenvalue weighted by Crippen LogP contribution is -2.37. The minimum Gasteiger partial charge on any atom is -0.317 e. The van der Waals surface area contributed by atoms with Crippen molar-refractivity contribution in [3.05, 3.63) is 12.7 Å². The van der Waals surface area contributed by atoms with Crippen LogP contribution in [-0.4, -0.2) is 27.9 Å². The first-order chi connectivity index (χ1) is 6.42. The summed E-state index contributed by atoms with van der Waals surface area (Å²) in [5.74, 6) is 0.752. The highest BCUT2D eigenvalue weighted by molar-refractivity contribution is 4.86. The van der Waals surface area contributed by atoms with E-state index in [9.17, 15) is 0 Å². The lowest BCUT2D eigenvalue weighted by Gasteiger charge is -2.36. The molecule has 1 heterocycles. The Kier molecular flexibility index (Phi) is 2.59. The predicted octanol–water partition coefficient (Wildman–Crippen LogP) is 0.839. The van der Waals surface area contributed by atoms with Crippen molar-refractivity contribution in [2.45, 2.75) is 25.8 Å². The Hall–Kier alpha value is -0.900. The van der Waals surface area contributed by atoms with Crippen molar-refractivity contribution in [3.63, 3.8) is 0 Å². The number of hydrogen-bond donors (Lipinski definition) is 1. The van der Waals surface area contributed by atoms with E-state index in [1.807, 2.05) is 11.0 Å². The van der Waals surface area contributed by atoms with Crippen molar-refractivity contribution in [2.75, 3.05) is 13.1 Å². The van der Waals surface area contributed by atoms with Crippen LogP contribution in [-0.2, 0) is 0 Å². The first-order valence-corrected chi connectivity index (χ1v) is 4.96. The molecule has 1 aliphatic carbocycles. The van der Waals surface area contributed by atoms with Crippen molar-refractivity contribution < 1.29 is 0 Å². The number of nitrogens with one attached hydrogen (secondary N) is 1. The van der Waals surface area contributed by atoms with E-state index in [1.165, 1.54) is 12.8 Å². The largest absolute Gasteiger partial charge is 0.317 e. The van der Waals surface area contributed by atoms with Crippen LogP contribution in [0.1, 0.15) is 25.8 Å². The van der Waals surface area contributed by atoms with Gasteiger partial charge < -0.3 is 5.32 Å². The zero-order valence-corrected chi connectivity index (χ0v) is 7.98. The summed E-state index contributed by atoms with van der Waals surface area (Å²) in [5.41, 5.74) is 0. The highest BCUT2D eigenvalue weighted by Crippen LogP contribution is 2.37. The average molecular weight is 180 g/mol. The molecule has 0 radical (unpaired) electrons. The van der Waals surface area contributed by atoms with Gasteiger partial charge in [-0.05, 0) is 31.8 Å². The fourth-order valence-corrected chi connectivity index (χ4v) is 1.86. The van der Waals surface area contributed by atoms with E-state index in [1.54, 1.807) is 6.33 Å². The molecule has 4 heteroatoms. The van der Waals surface area contributed by atoms with Crippen LogP contribution >= 0.6 is 0 Å². The maximum atomic E-state index is 4.17. The molecule has 0 spiro atoms. The quantitative estimate of drug-likeness (QED) is 0.746. The van der Waals surface area contributed by atoms with Gasteiger partial charge in [0, 0.05) is 0 Å². The van der Waals surface area contributed by atoms with Crippen LogP contribution in [0.15, 0.2) is 12.7 Å². The molecule has 1 aromatic heterocycles. The van der Waals surface area contributed by atoms with Gasteiger partial charge in [-0.15, -0.1) is 0 Å². The van der Waals surface area contributed by atoms with Gasteiger partial charge in [0.15, 0.2) is 0 Å². The lowest BCUT2D eigenvalue weighted by molar-refractivity contribution is 0.163. The minimum atomic E-state index is 0.585. The molecule has 0 aliphatic heterocycles. The topological polar surface area (TPSA) is 42.7 Å². The molecular weight excluding hydrogens is 164 g/mol. The molecule has 1 saturated carbocycles. The summed E-state index contributed by atoms with van der Waals surface area (Å²) in [6.45, 7) is 4.31. The second-order valence-electron chi connectivity index (χ2n) is 3.59. The number of aromatic nitrogens is 3. The molecule has 72 valence electrons.